The number of amides is 1. The molecule has 1 aliphatic heterocycles. The van der Waals surface area contributed by atoms with Crippen LogP contribution in [0, 0.1) is 5.92 Å². The molecule has 1 aromatic rings. The van der Waals surface area contributed by atoms with E-state index in [1.165, 1.54) is 4.90 Å². The predicted molar refractivity (Wildman–Crippen MR) is 77.7 cm³/mol. The van der Waals surface area contributed by atoms with Crippen LogP contribution in [0.4, 0.5) is 0 Å². The standard InChI is InChI=1S/C14H18N2O3S/c1-9(8-20)13(17)16-7-11(5-12(16)14(18)19)10-3-2-4-15-6-10/h2-4,6,9,11-12,20H,5,7-8H2,1H3,(H,18,19)/t9?,11?,12-/m0/s1. The summed E-state index contributed by atoms with van der Waals surface area (Å²) >= 11 is 4.12. The van der Waals surface area contributed by atoms with Gasteiger partial charge in [0.05, 0.1) is 0 Å². The maximum absolute atomic E-state index is 12.3. The van der Waals surface area contributed by atoms with Crippen molar-refractivity contribution in [2.75, 3.05) is 12.3 Å². The Morgan fingerprint density at radius 1 is 1.60 bits per heavy atom. The van der Waals surface area contributed by atoms with Crippen molar-refractivity contribution in [3.05, 3.63) is 30.1 Å². The molecule has 1 aromatic heterocycles. The van der Waals surface area contributed by atoms with Gasteiger partial charge in [-0.15, -0.1) is 0 Å². The SMILES string of the molecule is CC(CS)C(=O)N1CC(c2cccnc2)C[C@H]1C(=O)O. The quantitative estimate of drug-likeness (QED) is 0.824. The molecule has 0 saturated carbocycles. The number of carboxylic acid groups (broad SMARTS) is 1. The van der Waals surface area contributed by atoms with E-state index in [1.54, 1.807) is 19.3 Å². The van der Waals surface area contributed by atoms with Crippen LogP contribution in [-0.2, 0) is 9.59 Å². The third kappa shape index (κ3) is 2.95. The smallest absolute Gasteiger partial charge is 0.326 e. The molecular formula is C14H18N2O3S. The van der Waals surface area contributed by atoms with Gasteiger partial charge in [0, 0.05) is 36.5 Å². The highest BCUT2D eigenvalue weighted by Crippen LogP contribution is 2.32. The Morgan fingerprint density at radius 2 is 2.35 bits per heavy atom. The molecule has 5 nitrogen and oxygen atoms in total. The fraction of sp³-hybridized carbons (Fsp3) is 0.500. The van der Waals surface area contributed by atoms with Crippen molar-refractivity contribution in [2.24, 2.45) is 5.92 Å². The molecule has 0 bridgehead atoms. The Labute approximate surface area is 123 Å². The summed E-state index contributed by atoms with van der Waals surface area (Å²) < 4.78 is 0. The highest BCUT2D eigenvalue weighted by atomic mass is 32.1. The molecule has 2 unspecified atom stereocenters. The van der Waals surface area contributed by atoms with Crippen LogP contribution < -0.4 is 0 Å². The summed E-state index contributed by atoms with van der Waals surface area (Å²) in [7, 11) is 0. The van der Waals surface area contributed by atoms with Gasteiger partial charge in [-0.1, -0.05) is 13.0 Å². The summed E-state index contributed by atoms with van der Waals surface area (Å²) in [6, 6.07) is 2.99. The van der Waals surface area contributed by atoms with Gasteiger partial charge < -0.3 is 10.0 Å². The number of nitrogens with zero attached hydrogens (tertiary/aromatic N) is 2. The zero-order chi connectivity index (χ0) is 14.7. The van der Waals surface area contributed by atoms with Gasteiger partial charge >= 0.3 is 5.97 Å². The van der Waals surface area contributed by atoms with Crippen molar-refractivity contribution < 1.29 is 14.7 Å². The maximum Gasteiger partial charge on any atom is 0.326 e. The molecule has 1 aliphatic rings. The van der Waals surface area contributed by atoms with Crippen molar-refractivity contribution in [1.29, 1.82) is 0 Å². The van der Waals surface area contributed by atoms with Gasteiger partial charge in [-0.2, -0.15) is 12.6 Å². The Kier molecular flexibility index (Phi) is 4.65. The number of rotatable bonds is 4. The minimum absolute atomic E-state index is 0.0286. The molecule has 0 radical (unpaired) electrons. The van der Waals surface area contributed by atoms with Gasteiger partial charge in [0.15, 0.2) is 0 Å². The van der Waals surface area contributed by atoms with E-state index in [-0.39, 0.29) is 17.7 Å². The van der Waals surface area contributed by atoms with E-state index in [9.17, 15) is 14.7 Å². The lowest BCUT2D eigenvalue weighted by atomic mass is 9.98. The van der Waals surface area contributed by atoms with Gasteiger partial charge in [-0.3, -0.25) is 9.78 Å². The molecule has 20 heavy (non-hydrogen) atoms. The first kappa shape index (κ1) is 14.8. The van der Waals surface area contributed by atoms with E-state index in [0.29, 0.717) is 18.7 Å². The van der Waals surface area contributed by atoms with Crippen LogP contribution >= 0.6 is 12.6 Å². The molecule has 6 heteroatoms. The number of carbonyl (C=O) groups is 2. The Bertz CT molecular complexity index is 494. The van der Waals surface area contributed by atoms with E-state index >= 15 is 0 Å². The van der Waals surface area contributed by atoms with E-state index in [0.717, 1.165) is 5.56 Å². The minimum atomic E-state index is -0.948. The molecule has 0 aliphatic carbocycles. The monoisotopic (exact) mass is 294 g/mol. The third-order valence-corrected chi connectivity index (χ3v) is 4.27. The largest absolute Gasteiger partial charge is 0.480 e. The lowest BCUT2D eigenvalue weighted by Gasteiger charge is -2.24. The second kappa shape index (κ2) is 6.26. The number of aromatic nitrogens is 1. The minimum Gasteiger partial charge on any atom is -0.480 e. The number of pyridine rings is 1. The van der Waals surface area contributed by atoms with E-state index in [2.05, 4.69) is 17.6 Å². The van der Waals surface area contributed by atoms with Crippen molar-refractivity contribution in [3.8, 4) is 0 Å². The Morgan fingerprint density at radius 3 is 2.90 bits per heavy atom. The number of hydrogen-bond donors (Lipinski definition) is 2. The van der Waals surface area contributed by atoms with Crippen molar-refractivity contribution in [2.45, 2.75) is 25.3 Å². The molecule has 2 heterocycles. The molecule has 108 valence electrons. The van der Waals surface area contributed by atoms with Crippen LogP contribution in [-0.4, -0.2) is 45.2 Å². The van der Waals surface area contributed by atoms with Gasteiger partial charge in [-0.25, -0.2) is 4.79 Å². The highest BCUT2D eigenvalue weighted by Gasteiger charge is 2.41. The average molecular weight is 294 g/mol. The number of thiol groups is 1. The molecule has 1 fully saturated rings. The number of carboxylic acids is 1. The van der Waals surface area contributed by atoms with Crippen LogP contribution in [0.25, 0.3) is 0 Å². The van der Waals surface area contributed by atoms with Crippen molar-refractivity contribution in [3.63, 3.8) is 0 Å². The molecule has 2 rings (SSSR count). The molecule has 0 aromatic carbocycles. The molecule has 3 atom stereocenters. The van der Waals surface area contributed by atoms with Gasteiger partial charge in [0.25, 0.3) is 0 Å². The van der Waals surface area contributed by atoms with Crippen molar-refractivity contribution >= 4 is 24.5 Å². The van der Waals surface area contributed by atoms with E-state index < -0.39 is 12.0 Å². The Hall–Kier alpha value is -1.56. The first-order valence-corrected chi connectivity index (χ1v) is 7.22. The fourth-order valence-corrected chi connectivity index (χ4v) is 2.69. The first-order chi connectivity index (χ1) is 9.54. The van der Waals surface area contributed by atoms with Crippen molar-refractivity contribution in [1.82, 2.24) is 9.88 Å². The summed E-state index contributed by atoms with van der Waals surface area (Å²) in [5, 5.41) is 9.32. The first-order valence-electron chi connectivity index (χ1n) is 6.58. The normalized spacial score (nSPS) is 23.6. The molecule has 1 N–H and O–H groups in total. The number of likely N-dealkylation sites (tertiary alicyclic amines) is 1. The summed E-state index contributed by atoms with van der Waals surface area (Å²) in [5.41, 5.74) is 0.979. The summed E-state index contributed by atoms with van der Waals surface area (Å²) in [6.45, 7) is 2.20. The predicted octanol–water partition coefficient (Wildman–Crippen LogP) is 1.42. The maximum atomic E-state index is 12.3. The molecular weight excluding hydrogens is 276 g/mol. The van der Waals surface area contributed by atoms with Crippen LogP contribution in [0.3, 0.4) is 0 Å². The van der Waals surface area contributed by atoms with Gasteiger partial charge in [-0.05, 0) is 18.1 Å². The fourth-order valence-electron chi connectivity index (χ4n) is 2.53. The summed E-state index contributed by atoms with van der Waals surface area (Å²) in [6.07, 6.45) is 3.85. The summed E-state index contributed by atoms with van der Waals surface area (Å²) in [4.78, 5) is 29.2. The van der Waals surface area contributed by atoms with Crippen LogP contribution in [0.1, 0.15) is 24.8 Å². The lowest BCUT2D eigenvalue weighted by molar-refractivity contribution is -0.149. The third-order valence-electron chi connectivity index (χ3n) is 3.72. The van der Waals surface area contributed by atoms with E-state index in [4.69, 9.17) is 0 Å². The Balaban J connectivity index is 2.20. The second-order valence-electron chi connectivity index (χ2n) is 5.15. The summed E-state index contributed by atoms with van der Waals surface area (Å²) in [5.74, 6) is -0.914. The van der Waals surface area contributed by atoms with Gasteiger partial charge in [0.1, 0.15) is 6.04 Å². The lowest BCUT2D eigenvalue weighted by Crippen LogP contribution is -2.43. The van der Waals surface area contributed by atoms with E-state index in [1.807, 2.05) is 12.1 Å². The topological polar surface area (TPSA) is 70.5 Å². The number of hydrogen-bond acceptors (Lipinski definition) is 4. The molecule has 1 saturated heterocycles. The number of aliphatic carboxylic acids is 1. The second-order valence-corrected chi connectivity index (χ2v) is 5.51. The zero-order valence-corrected chi connectivity index (χ0v) is 12.2. The molecule has 0 spiro atoms. The van der Waals surface area contributed by atoms with Crippen LogP contribution in [0.5, 0.6) is 0 Å². The molecule has 1 amide bonds. The van der Waals surface area contributed by atoms with Gasteiger partial charge in [0.2, 0.25) is 5.91 Å². The number of carbonyl (C=O) groups excluding carboxylic acids is 1. The zero-order valence-electron chi connectivity index (χ0n) is 11.3. The highest BCUT2D eigenvalue weighted by molar-refractivity contribution is 7.80. The average Bonchev–Trinajstić information content (AvgIpc) is 2.92. The van der Waals surface area contributed by atoms with Crippen LogP contribution in [0.15, 0.2) is 24.5 Å². The van der Waals surface area contributed by atoms with Crippen LogP contribution in [0.2, 0.25) is 0 Å².